The molecule has 3 rings (SSSR count). The second-order valence-corrected chi connectivity index (χ2v) is 7.76. The quantitative estimate of drug-likeness (QED) is 0.729. The van der Waals surface area contributed by atoms with E-state index in [0.29, 0.717) is 12.1 Å². The van der Waals surface area contributed by atoms with Crippen LogP contribution in [0.25, 0.3) is 11.3 Å². The van der Waals surface area contributed by atoms with Gasteiger partial charge in [0.05, 0.1) is 17.5 Å². The van der Waals surface area contributed by atoms with E-state index in [-0.39, 0.29) is 5.91 Å². The summed E-state index contributed by atoms with van der Waals surface area (Å²) >= 11 is 0. The van der Waals surface area contributed by atoms with Crippen molar-refractivity contribution in [2.75, 3.05) is 0 Å². The number of rotatable bonds is 5. The minimum atomic E-state index is -0.763. The van der Waals surface area contributed by atoms with Gasteiger partial charge in [-0.1, -0.05) is 51.1 Å². The van der Waals surface area contributed by atoms with Crippen LogP contribution in [0.4, 0.5) is 0 Å². The zero-order valence-electron chi connectivity index (χ0n) is 15.8. The third kappa shape index (κ3) is 4.16. The van der Waals surface area contributed by atoms with Crippen molar-refractivity contribution in [1.29, 1.82) is 0 Å². The van der Waals surface area contributed by atoms with Gasteiger partial charge in [0.15, 0.2) is 0 Å². The lowest BCUT2D eigenvalue weighted by atomic mass is 9.86. The molecular formula is C21H24N4O2. The molecule has 1 aromatic rings. The Labute approximate surface area is 158 Å². The molecule has 1 aromatic carbocycles. The molecule has 2 aliphatic heterocycles. The number of nitrogens with two attached hydrogens (primary N) is 1. The highest BCUT2D eigenvalue weighted by molar-refractivity contribution is 5.98. The monoisotopic (exact) mass is 364 g/mol. The van der Waals surface area contributed by atoms with Gasteiger partial charge in [0, 0.05) is 24.5 Å². The predicted molar refractivity (Wildman–Crippen MR) is 104 cm³/mol. The van der Waals surface area contributed by atoms with Crippen molar-refractivity contribution in [2.24, 2.45) is 11.1 Å². The fourth-order valence-electron chi connectivity index (χ4n) is 3.09. The molecule has 0 aromatic heterocycles. The summed E-state index contributed by atoms with van der Waals surface area (Å²) in [5, 5.41) is 2.77. The number of aromatic nitrogens is 2. The molecule has 0 fully saturated rings. The first kappa shape index (κ1) is 18.6. The van der Waals surface area contributed by atoms with Gasteiger partial charge in [0.25, 0.3) is 5.91 Å². The van der Waals surface area contributed by atoms with Gasteiger partial charge in [-0.3, -0.25) is 14.6 Å². The summed E-state index contributed by atoms with van der Waals surface area (Å²) in [5.41, 5.74) is 8.39. The van der Waals surface area contributed by atoms with Crippen LogP contribution in [-0.2, 0) is 11.3 Å². The Kier molecular flexibility index (Phi) is 4.99. The van der Waals surface area contributed by atoms with E-state index in [1.807, 2.05) is 55.7 Å². The minimum Gasteiger partial charge on any atom is -0.368 e. The molecule has 0 radical (unpaired) electrons. The van der Waals surface area contributed by atoms with Crippen molar-refractivity contribution >= 4 is 11.8 Å². The van der Waals surface area contributed by atoms with E-state index in [1.54, 1.807) is 24.7 Å². The molecule has 0 saturated carbocycles. The zero-order valence-corrected chi connectivity index (χ0v) is 15.8. The Bertz CT molecular complexity index is 925. The summed E-state index contributed by atoms with van der Waals surface area (Å²) < 4.78 is 1.99. The normalized spacial score (nSPS) is 12.7. The van der Waals surface area contributed by atoms with Crippen LogP contribution in [0.5, 0.6) is 0 Å². The minimum absolute atomic E-state index is 0.335. The van der Waals surface area contributed by atoms with E-state index in [4.69, 9.17) is 5.73 Å². The third-order valence-corrected chi connectivity index (χ3v) is 4.51. The maximum atomic E-state index is 12.8. The van der Waals surface area contributed by atoms with E-state index in [0.717, 1.165) is 16.8 Å². The summed E-state index contributed by atoms with van der Waals surface area (Å²) in [5.74, 6) is -0.886. The number of nitrogens with zero attached hydrogens (tertiary/aromatic N) is 2. The number of carbonyl (C=O) groups excluding carboxylic acids is 2. The molecular weight excluding hydrogens is 340 g/mol. The zero-order chi connectivity index (χ0) is 19.6. The van der Waals surface area contributed by atoms with Gasteiger partial charge < -0.3 is 15.6 Å². The van der Waals surface area contributed by atoms with E-state index in [2.05, 4.69) is 10.3 Å². The molecule has 6 nitrogen and oxygen atoms in total. The molecule has 0 unspecified atom stereocenters. The lowest BCUT2D eigenvalue weighted by Gasteiger charge is -2.29. The van der Waals surface area contributed by atoms with Gasteiger partial charge in [0.1, 0.15) is 6.04 Å². The summed E-state index contributed by atoms with van der Waals surface area (Å²) in [4.78, 5) is 28.8. The fraction of sp³-hybridized carbons (Fsp3) is 0.286. The second kappa shape index (κ2) is 7.23. The van der Waals surface area contributed by atoms with Crippen molar-refractivity contribution < 1.29 is 9.59 Å². The summed E-state index contributed by atoms with van der Waals surface area (Å²) in [7, 11) is 0. The van der Waals surface area contributed by atoms with E-state index in [9.17, 15) is 9.59 Å². The highest BCUT2D eigenvalue weighted by Gasteiger charge is 2.31. The highest BCUT2D eigenvalue weighted by atomic mass is 16.2. The number of hydrogen-bond acceptors (Lipinski definition) is 3. The highest BCUT2D eigenvalue weighted by Crippen LogP contribution is 2.25. The Hall–Kier alpha value is -3.15. The third-order valence-electron chi connectivity index (χ3n) is 4.51. The fourth-order valence-corrected chi connectivity index (χ4v) is 3.09. The standard InChI is InChI=1S/C21H24N4O2/c1-21(2,3)18(19(22)26)24-20(27)16-9-15-10-23-11-17(15)25(13-16)12-14-7-5-4-6-8-14/h4-11,13,18H,12H2,1-3H3,(H2,22,26)(H,24,27)/t18-/m1/s1. The first-order chi connectivity index (χ1) is 12.8. The Morgan fingerprint density at radius 1 is 1.19 bits per heavy atom. The number of hydrogen-bond donors (Lipinski definition) is 2. The van der Waals surface area contributed by atoms with Crippen LogP contribution in [0.3, 0.4) is 0 Å². The Balaban J connectivity index is 1.94. The summed E-state index contributed by atoms with van der Waals surface area (Å²) in [6, 6.07) is 11.0. The Morgan fingerprint density at radius 2 is 1.89 bits per heavy atom. The smallest absolute Gasteiger partial charge is 0.253 e. The number of carbonyl (C=O) groups is 2. The molecule has 2 amide bonds. The first-order valence-corrected chi connectivity index (χ1v) is 8.83. The number of amides is 2. The number of fused-ring (bicyclic) bond motifs is 1. The van der Waals surface area contributed by atoms with Gasteiger partial charge in [-0.25, -0.2) is 0 Å². The van der Waals surface area contributed by atoms with Crippen LogP contribution in [0.1, 0.15) is 36.7 Å². The van der Waals surface area contributed by atoms with Crippen LogP contribution in [0.2, 0.25) is 0 Å². The molecule has 2 aliphatic rings. The molecule has 6 heteroatoms. The molecule has 0 aliphatic carbocycles. The predicted octanol–water partition coefficient (Wildman–Crippen LogP) is 2.67. The lowest BCUT2D eigenvalue weighted by Crippen LogP contribution is -2.52. The van der Waals surface area contributed by atoms with Crippen LogP contribution in [0, 0.1) is 5.41 Å². The number of nitrogens with one attached hydrogen (secondary N) is 1. The summed E-state index contributed by atoms with van der Waals surface area (Å²) in [6.07, 6.45) is 5.29. The van der Waals surface area contributed by atoms with Crippen LogP contribution in [-0.4, -0.2) is 27.4 Å². The summed E-state index contributed by atoms with van der Waals surface area (Å²) in [6.45, 7) is 6.20. The molecule has 1 atom stereocenters. The number of primary amides is 1. The Morgan fingerprint density at radius 3 is 2.52 bits per heavy atom. The van der Waals surface area contributed by atoms with E-state index in [1.165, 1.54) is 0 Å². The van der Waals surface area contributed by atoms with Crippen molar-refractivity contribution in [3.63, 3.8) is 0 Å². The van der Waals surface area contributed by atoms with Crippen molar-refractivity contribution in [1.82, 2.24) is 14.9 Å². The van der Waals surface area contributed by atoms with Gasteiger partial charge in [0.2, 0.25) is 5.91 Å². The van der Waals surface area contributed by atoms with Crippen molar-refractivity contribution in [2.45, 2.75) is 33.4 Å². The largest absolute Gasteiger partial charge is 0.368 e. The molecule has 2 heterocycles. The van der Waals surface area contributed by atoms with Crippen molar-refractivity contribution in [3.8, 4) is 11.3 Å². The number of benzene rings is 1. The molecule has 27 heavy (non-hydrogen) atoms. The van der Waals surface area contributed by atoms with Crippen LogP contribution in [0.15, 0.2) is 55.0 Å². The SMILES string of the molecule is CC(C)(C)[C@H](NC(=O)c1cc2cncc-2n(Cc2ccccc2)c1)C(N)=O. The first-order valence-electron chi connectivity index (χ1n) is 8.83. The maximum Gasteiger partial charge on any atom is 0.253 e. The molecule has 140 valence electrons. The lowest BCUT2D eigenvalue weighted by molar-refractivity contribution is -0.122. The molecule has 0 saturated heterocycles. The average Bonchev–Trinajstić information content (AvgIpc) is 3.08. The maximum absolute atomic E-state index is 12.8. The van der Waals surface area contributed by atoms with Crippen LogP contribution < -0.4 is 11.1 Å². The van der Waals surface area contributed by atoms with Crippen LogP contribution >= 0.6 is 0 Å². The van der Waals surface area contributed by atoms with Gasteiger partial charge >= 0.3 is 0 Å². The second-order valence-electron chi connectivity index (χ2n) is 7.76. The van der Waals surface area contributed by atoms with Gasteiger partial charge in [-0.05, 0) is 17.0 Å². The number of pyridine rings is 1. The topological polar surface area (TPSA) is 90.0 Å². The van der Waals surface area contributed by atoms with Gasteiger partial charge in [-0.2, -0.15) is 0 Å². The molecule has 3 N–H and O–H groups in total. The van der Waals surface area contributed by atoms with E-state index < -0.39 is 17.4 Å². The molecule has 0 spiro atoms. The van der Waals surface area contributed by atoms with Gasteiger partial charge in [-0.15, -0.1) is 0 Å². The molecule has 0 bridgehead atoms. The van der Waals surface area contributed by atoms with E-state index >= 15 is 0 Å². The average molecular weight is 364 g/mol. The van der Waals surface area contributed by atoms with Crippen molar-refractivity contribution in [3.05, 3.63) is 66.1 Å².